The Morgan fingerprint density at radius 1 is 1.21 bits per heavy atom. The second-order valence-corrected chi connectivity index (χ2v) is 7.59. The van der Waals surface area contributed by atoms with Crippen LogP contribution < -0.4 is 10.6 Å². The number of hydrogen-bond acceptors (Lipinski definition) is 3. The van der Waals surface area contributed by atoms with Crippen molar-refractivity contribution in [1.29, 1.82) is 0 Å². The number of hydrogen-bond donors (Lipinski definition) is 2. The number of aryl methyl sites for hydroxylation is 2. The summed E-state index contributed by atoms with van der Waals surface area (Å²) in [5.41, 5.74) is 4.44. The molecule has 0 aliphatic carbocycles. The van der Waals surface area contributed by atoms with Crippen LogP contribution in [-0.4, -0.2) is 53.4 Å². The van der Waals surface area contributed by atoms with E-state index in [4.69, 9.17) is 4.99 Å². The molecule has 0 bridgehead atoms. The van der Waals surface area contributed by atoms with Gasteiger partial charge in [-0.25, -0.2) is 9.67 Å². The van der Waals surface area contributed by atoms with Gasteiger partial charge in [0, 0.05) is 25.3 Å². The van der Waals surface area contributed by atoms with E-state index in [1.165, 1.54) is 25.1 Å². The molecule has 3 rings (SSSR count). The Kier molecular flexibility index (Phi) is 7.09. The molecule has 0 saturated carbocycles. The highest BCUT2D eigenvalue weighted by atomic mass is 15.3. The van der Waals surface area contributed by atoms with Crippen molar-refractivity contribution < 1.29 is 0 Å². The third-order valence-corrected chi connectivity index (χ3v) is 5.36. The highest BCUT2D eigenvalue weighted by molar-refractivity contribution is 5.79. The van der Waals surface area contributed by atoms with Crippen LogP contribution in [0.25, 0.3) is 5.69 Å². The molecule has 1 aromatic carbocycles. The van der Waals surface area contributed by atoms with Crippen LogP contribution in [0.1, 0.15) is 37.2 Å². The van der Waals surface area contributed by atoms with Crippen molar-refractivity contribution >= 4 is 5.96 Å². The van der Waals surface area contributed by atoms with Crippen molar-refractivity contribution in [2.75, 3.05) is 32.7 Å². The molecule has 2 heterocycles. The van der Waals surface area contributed by atoms with Crippen molar-refractivity contribution in [3.8, 4) is 5.69 Å². The molecule has 2 N–H and O–H groups in total. The van der Waals surface area contributed by atoms with E-state index in [9.17, 15) is 0 Å². The lowest BCUT2D eigenvalue weighted by Crippen LogP contribution is -2.40. The van der Waals surface area contributed by atoms with Crippen LogP contribution in [0.5, 0.6) is 0 Å². The number of para-hydroxylation sites is 1. The molecule has 1 aliphatic heterocycles. The summed E-state index contributed by atoms with van der Waals surface area (Å²) in [6.45, 7) is 14.5. The van der Waals surface area contributed by atoms with Crippen molar-refractivity contribution in [3.05, 3.63) is 47.3 Å². The quantitative estimate of drug-likeness (QED) is 0.571. The smallest absolute Gasteiger partial charge is 0.191 e. The van der Waals surface area contributed by atoms with E-state index in [2.05, 4.69) is 71.7 Å². The van der Waals surface area contributed by atoms with Gasteiger partial charge in [-0.3, -0.25) is 0 Å². The topological polar surface area (TPSA) is 57.5 Å². The monoisotopic (exact) mass is 382 g/mol. The molecule has 0 radical (unpaired) electrons. The molecule has 1 aromatic heterocycles. The molecule has 1 atom stereocenters. The fourth-order valence-corrected chi connectivity index (χ4v) is 3.84. The Morgan fingerprint density at radius 2 is 2.04 bits per heavy atom. The number of rotatable bonds is 7. The van der Waals surface area contributed by atoms with Crippen LogP contribution in [0, 0.1) is 19.8 Å². The van der Waals surface area contributed by atoms with Gasteiger partial charge in [0.05, 0.1) is 17.9 Å². The Labute approximate surface area is 169 Å². The van der Waals surface area contributed by atoms with Crippen LogP contribution in [0.4, 0.5) is 0 Å². The Morgan fingerprint density at radius 3 is 2.71 bits per heavy atom. The molecule has 1 fully saturated rings. The van der Waals surface area contributed by atoms with E-state index < -0.39 is 0 Å². The molecule has 2 aromatic rings. The number of likely N-dealkylation sites (tertiary alicyclic amines) is 1. The van der Waals surface area contributed by atoms with Gasteiger partial charge in [0.25, 0.3) is 0 Å². The van der Waals surface area contributed by atoms with Crippen molar-refractivity contribution in [1.82, 2.24) is 25.3 Å². The average Bonchev–Trinajstić information content (AvgIpc) is 3.29. The SMILES string of the molecule is CCNC(=NCc1ccccc1-n1nc(C)cc1C)NCC1CCN(CC)C1. The third-order valence-electron chi connectivity index (χ3n) is 5.36. The summed E-state index contributed by atoms with van der Waals surface area (Å²) in [5.74, 6) is 1.59. The van der Waals surface area contributed by atoms with Gasteiger partial charge in [-0.2, -0.15) is 5.10 Å². The highest BCUT2D eigenvalue weighted by Crippen LogP contribution is 2.18. The first-order valence-corrected chi connectivity index (χ1v) is 10.5. The van der Waals surface area contributed by atoms with Crippen LogP contribution in [-0.2, 0) is 6.54 Å². The Hall–Kier alpha value is -2.34. The minimum atomic E-state index is 0.621. The number of aromatic nitrogens is 2. The van der Waals surface area contributed by atoms with Gasteiger partial charge in [0.1, 0.15) is 0 Å². The lowest BCUT2D eigenvalue weighted by molar-refractivity contribution is 0.342. The first kappa shape index (κ1) is 20.4. The van der Waals surface area contributed by atoms with Gasteiger partial charge in [0.15, 0.2) is 5.96 Å². The number of nitrogens with one attached hydrogen (secondary N) is 2. The molecule has 28 heavy (non-hydrogen) atoms. The van der Waals surface area contributed by atoms with E-state index in [-0.39, 0.29) is 0 Å². The first-order valence-electron chi connectivity index (χ1n) is 10.5. The minimum absolute atomic E-state index is 0.621. The first-order chi connectivity index (χ1) is 13.6. The maximum atomic E-state index is 4.85. The van der Waals surface area contributed by atoms with Gasteiger partial charge in [-0.05, 0) is 63.9 Å². The molecule has 152 valence electrons. The normalized spacial score (nSPS) is 17.9. The van der Waals surface area contributed by atoms with Crippen molar-refractivity contribution in [2.24, 2.45) is 10.9 Å². The molecule has 1 saturated heterocycles. The molecule has 6 nitrogen and oxygen atoms in total. The lowest BCUT2D eigenvalue weighted by Gasteiger charge is -2.16. The van der Waals surface area contributed by atoms with Crippen LogP contribution >= 0.6 is 0 Å². The molecule has 6 heteroatoms. The zero-order valence-corrected chi connectivity index (χ0v) is 17.7. The van der Waals surface area contributed by atoms with E-state index in [0.29, 0.717) is 12.5 Å². The minimum Gasteiger partial charge on any atom is -0.357 e. The van der Waals surface area contributed by atoms with Gasteiger partial charge in [-0.1, -0.05) is 25.1 Å². The Balaban J connectivity index is 1.69. The molecule has 1 unspecified atom stereocenters. The van der Waals surface area contributed by atoms with E-state index in [1.54, 1.807) is 0 Å². The summed E-state index contributed by atoms with van der Waals surface area (Å²) in [7, 11) is 0. The summed E-state index contributed by atoms with van der Waals surface area (Å²) in [6, 6.07) is 10.5. The standard InChI is InChI=1S/C22H34N6/c1-5-23-22(24-14-19-11-12-27(6-2)16-19)25-15-20-9-7-8-10-21(20)28-18(4)13-17(3)26-28/h7-10,13,19H,5-6,11-12,14-16H2,1-4H3,(H2,23,24,25). The molecule has 0 spiro atoms. The van der Waals surface area contributed by atoms with E-state index in [1.807, 2.05) is 11.6 Å². The maximum Gasteiger partial charge on any atom is 0.191 e. The van der Waals surface area contributed by atoms with Crippen molar-refractivity contribution in [3.63, 3.8) is 0 Å². The summed E-state index contributed by atoms with van der Waals surface area (Å²) in [5, 5.41) is 11.6. The summed E-state index contributed by atoms with van der Waals surface area (Å²) in [6.07, 6.45) is 1.26. The zero-order valence-electron chi connectivity index (χ0n) is 17.7. The van der Waals surface area contributed by atoms with Gasteiger partial charge < -0.3 is 15.5 Å². The predicted octanol–water partition coefficient (Wildman–Crippen LogP) is 2.89. The molecule has 1 aliphatic rings. The van der Waals surface area contributed by atoms with E-state index >= 15 is 0 Å². The molecular weight excluding hydrogens is 348 g/mol. The zero-order chi connectivity index (χ0) is 19.9. The summed E-state index contributed by atoms with van der Waals surface area (Å²) < 4.78 is 2.01. The van der Waals surface area contributed by atoms with Gasteiger partial charge in [0.2, 0.25) is 0 Å². The van der Waals surface area contributed by atoms with Gasteiger partial charge >= 0.3 is 0 Å². The number of guanidine groups is 1. The highest BCUT2D eigenvalue weighted by Gasteiger charge is 2.21. The number of aliphatic imine (C=N–C) groups is 1. The summed E-state index contributed by atoms with van der Waals surface area (Å²) >= 11 is 0. The second-order valence-electron chi connectivity index (χ2n) is 7.59. The van der Waals surface area contributed by atoms with E-state index in [0.717, 1.165) is 42.7 Å². The second kappa shape index (κ2) is 9.73. The average molecular weight is 383 g/mol. The Bertz CT molecular complexity index is 794. The van der Waals surface area contributed by atoms with Crippen molar-refractivity contribution in [2.45, 2.75) is 40.7 Å². The molecular formula is C22H34N6. The number of nitrogens with zero attached hydrogens (tertiary/aromatic N) is 4. The largest absolute Gasteiger partial charge is 0.357 e. The maximum absolute atomic E-state index is 4.85. The number of benzene rings is 1. The predicted molar refractivity (Wildman–Crippen MR) is 116 cm³/mol. The van der Waals surface area contributed by atoms with Crippen LogP contribution in [0.2, 0.25) is 0 Å². The van der Waals surface area contributed by atoms with Crippen LogP contribution in [0.3, 0.4) is 0 Å². The fraction of sp³-hybridized carbons (Fsp3) is 0.545. The molecule has 0 amide bonds. The summed E-state index contributed by atoms with van der Waals surface area (Å²) in [4.78, 5) is 7.36. The van der Waals surface area contributed by atoms with Crippen LogP contribution in [0.15, 0.2) is 35.3 Å². The third kappa shape index (κ3) is 5.13. The van der Waals surface area contributed by atoms with Gasteiger partial charge in [-0.15, -0.1) is 0 Å². The lowest BCUT2D eigenvalue weighted by atomic mass is 10.1. The fourth-order valence-electron chi connectivity index (χ4n) is 3.84.